The van der Waals surface area contributed by atoms with Crippen molar-refractivity contribution in [2.24, 2.45) is 0 Å². The van der Waals surface area contributed by atoms with E-state index in [1.165, 1.54) is 38.5 Å². The Labute approximate surface area is 282 Å². The first-order chi connectivity index (χ1) is 23.1. The number of hydroxylamine groups is 2. The maximum Gasteiger partial charge on any atom is 0.358 e. The topological polar surface area (TPSA) is 215 Å². The van der Waals surface area contributed by atoms with Crippen LogP contribution in [0.3, 0.4) is 0 Å². The van der Waals surface area contributed by atoms with Crippen molar-refractivity contribution in [1.82, 2.24) is 15.7 Å². The van der Waals surface area contributed by atoms with Crippen LogP contribution in [-0.2, 0) is 47.9 Å². The molecule has 48 heavy (non-hydrogen) atoms. The molecule has 1 fully saturated rings. The minimum atomic E-state index is -1.20. The van der Waals surface area contributed by atoms with Crippen LogP contribution in [0.5, 0.6) is 0 Å². The third-order valence-electron chi connectivity index (χ3n) is 7.70. The third kappa shape index (κ3) is 22.9. The molecule has 1 unspecified atom stereocenters. The number of hydrogen-bond acceptors (Lipinski definition) is 10. The summed E-state index contributed by atoms with van der Waals surface area (Å²) >= 11 is 0. The number of nitrogens with one attached hydrogen (secondary N) is 2. The van der Waals surface area contributed by atoms with Gasteiger partial charge < -0.3 is 35.2 Å². The number of unbranched alkanes of at least 4 members (excludes halogenated alkanes) is 13. The average molecular weight is 686 g/mol. The van der Waals surface area contributed by atoms with E-state index in [1.807, 2.05) is 0 Å². The fourth-order valence-corrected chi connectivity index (χ4v) is 4.99. The molecule has 0 aliphatic carbocycles. The molecule has 15 heteroatoms. The van der Waals surface area contributed by atoms with Crippen LogP contribution < -0.4 is 10.6 Å². The normalized spacial score (nSPS) is 13.4. The molecule has 1 rings (SSSR count). The zero-order valence-corrected chi connectivity index (χ0v) is 28.2. The molecule has 0 bridgehead atoms. The Hall–Kier alpha value is -3.59. The van der Waals surface area contributed by atoms with Crippen molar-refractivity contribution in [1.29, 1.82) is 0 Å². The number of carbonyl (C=O) groups excluding carboxylic acids is 5. The van der Waals surface area contributed by atoms with E-state index in [0.29, 0.717) is 11.5 Å². The van der Waals surface area contributed by atoms with Gasteiger partial charge in [0.1, 0.15) is 12.6 Å². The summed E-state index contributed by atoms with van der Waals surface area (Å²) in [4.78, 5) is 85.5. The first-order valence-corrected chi connectivity index (χ1v) is 17.3. The molecule has 1 heterocycles. The predicted molar refractivity (Wildman–Crippen MR) is 172 cm³/mol. The molecule has 4 amide bonds. The molecule has 0 aromatic heterocycles. The molecular weight excluding hydrogens is 630 g/mol. The van der Waals surface area contributed by atoms with Crippen LogP contribution in [0.2, 0.25) is 0 Å². The minimum Gasteiger partial charge on any atom is -0.481 e. The van der Waals surface area contributed by atoms with Gasteiger partial charge in [0.15, 0.2) is 0 Å². The molecule has 0 aromatic rings. The van der Waals surface area contributed by atoms with E-state index in [2.05, 4.69) is 15.5 Å². The Morgan fingerprint density at radius 2 is 1.15 bits per heavy atom. The molecule has 1 aliphatic rings. The summed E-state index contributed by atoms with van der Waals surface area (Å²) in [5.41, 5.74) is 0. The van der Waals surface area contributed by atoms with Crippen molar-refractivity contribution >= 4 is 41.5 Å². The second kappa shape index (κ2) is 27.4. The number of carbonyl (C=O) groups is 7. The number of hydrogen-bond donors (Lipinski definition) is 4. The van der Waals surface area contributed by atoms with Crippen molar-refractivity contribution < 1.29 is 58.1 Å². The van der Waals surface area contributed by atoms with E-state index in [9.17, 15) is 38.7 Å². The number of imide groups is 1. The van der Waals surface area contributed by atoms with Crippen molar-refractivity contribution in [2.45, 2.75) is 134 Å². The zero-order valence-electron chi connectivity index (χ0n) is 28.2. The van der Waals surface area contributed by atoms with Crippen molar-refractivity contribution in [2.75, 3.05) is 33.0 Å². The minimum absolute atomic E-state index is 0.000556. The second-order valence-electron chi connectivity index (χ2n) is 11.9. The molecule has 1 aliphatic heterocycles. The van der Waals surface area contributed by atoms with Gasteiger partial charge in [-0.25, -0.2) is 9.59 Å². The average Bonchev–Trinajstić information content (AvgIpc) is 3.35. The van der Waals surface area contributed by atoms with Crippen LogP contribution in [-0.4, -0.2) is 95.8 Å². The lowest BCUT2D eigenvalue weighted by Gasteiger charge is -2.14. The van der Waals surface area contributed by atoms with Crippen LogP contribution in [0.1, 0.15) is 128 Å². The predicted octanol–water partition coefficient (Wildman–Crippen LogP) is 3.42. The number of nitrogens with zero attached hydrogens (tertiary/aromatic N) is 1. The van der Waals surface area contributed by atoms with E-state index in [0.717, 1.165) is 44.9 Å². The number of aliphatic carboxylic acids is 2. The Morgan fingerprint density at radius 1 is 0.646 bits per heavy atom. The summed E-state index contributed by atoms with van der Waals surface area (Å²) in [7, 11) is 0. The van der Waals surface area contributed by atoms with Gasteiger partial charge in [0, 0.05) is 38.6 Å². The summed E-state index contributed by atoms with van der Waals surface area (Å²) in [6.07, 6.45) is 15.4. The quantitative estimate of drug-likeness (QED) is 0.0610. The number of carboxylic acids is 2. The van der Waals surface area contributed by atoms with Gasteiger partial charge in [-0.2, -0.15) is 0 Å². The molecule has 0 spiro atoms. The standard InChI is InChI=1S/C33H55N3O12/c37-27(34-21-22-46-23-24-47-25-32(43)48-36-29(39)19-20-30(36)40)18-17-26(33(44)45)35-28(38)15-13-11-9-7-5-3-1-2-4-6-8-10-12-14-16-31(41)42/h26H,1-25H2,(H,34,37)(H,35,38)(H,41,42)(H,44,45). The Morgan fingerprint density at radius 3 is 1.67 bits per heavy atom. The summed E-state index contributed by atoms with van der Waals surface area (Å²) in [6.45, 7) is -0.00603. The van der Waals surface area contributed by atoms with E-state index in [-0.39, 0.29) is 76.7 Å². The summed E-state index contributed by atoms with van der Waals surface area (Å²) in [5, 5.41) is 23.6. The highest BCUT2D eigenvalue weighted by Gasteiger charge is 2.32. The van der Waals surface area contributed by atoms with E-state index >= 15 is 0 Å². The molecule has 0 aromatic carbocycles. The van der Waals surface area contributed by atoms with Gasteiger partial charge in [-0.15, -0.1) is 5.06 Å². The third-order valence-corrected chi connectivity index (χ3v) is 7.70. The molecule has 274 valence electrons. The lowest BCUT2D eigenvalue weighted by molar-refractivity contribution is -0.200. The van der Waals surface area contributed by atoms with Gasteiger partial charge in [0.05, 0.1) is 19.8 Å². The molecule has 0 radical (unpaired) electrons. The van der Waals surface area contributed by atoms with Crippen LogP contribution in [0, 0.1) is 0 Å². The van der Waals surface area contributed by atoms with Gasteiger partial charge in [0.25, 0.3) is 11.8 Å². The van der Waals surface area contributed by atoms with Crippen LogP contribution in [0.15, 0.2) is 0 Å². The Bertz CT molecular complexity index is 990. The van der Waals surface area contributed by atoms with E-state index in [1.54, 1.807) is 0 Å². The first-order valence-electron chi connectivity index (χ1n) is 17.3. The maximum absolute atomic E-state index is 12.2. The fourth-order valence-electron chi connectivity index (χ4n) is 4.99. The summed E-state index contributed by atoms with van der Waals surface area (Å²) < 4.78 is 10.4. The van der Waals surface area contributed by atoms with Crippen LogP contribution in [0.4, 0.5) is 0 Å². The lowest BCUT2D eigenvalue weighted by Crippen LogP contribution is -2.41. The number of rotatable bonds is 31. The molecule has 15 nitrogen and oxygen atoms in total. The van der Waals surface area contributed by atoms with Gasteiger partial charge >= 0.3 is 17.9 Å². The molecular formula is C33H55N3O12. The van der Waals surface area contributed by atoms with E-state index in [4.69, 9.17) is 14.6 Å². The largest absolute Gasteiger partial charge is 0.481 e. The number of carboxylic acid groups (broad SMARTS) is 2. The Balaban J connectivity index is 1.96. The van der Waals surface area contributed by atoms with Gasteiger partial charge in [-0.1, -0.05) is 77.0 Å². The van der Waals surface area contributed by atoms with Crippen LogP contribution in [0.25, 0.3) is 0 Å². The second-order valence-corrected chi connectivity index (χ2v) is 11.9. The SMILES string of the molecule is O=C(O)CCCCCCCCCCCCCCCCC(=O)NC(CCC(=O)NCCOCCOCC(=O)ON1C(=O)CCC1=O)C(=O)O. The summed E-state index contributed by atoms with van der Waals surface area (Å²) in [5.74, 6) is -4.68. The van der Waals surface area contributed by atoms with Crippen molar-refractivity contribution in [3.05, 3.63) is 0 Å². The van der Waals surface area contributed by atoms with Gasteiger partial charge in [0.2, 0.25) is 11.8 Å². The number of amides is 4. The van der Waals surface area contributed by atoms with Crippen molar-refractivity contribution in [3.63, 3.8) is 0 Å². The van der Waals surface area contributed by atoms with Crippen molar-refractivity contribution in [3.8, 4) is 0 Å². The smallest absolute Gasteiger partial charge is 0.358 e. The molecule has 4 N–H and O–H groups in total. The fraction of sp³-hybridized carbons (Fsp3) is 0.788. The van der Waals surface area contributed by atoms with E-state index < -0.39 is 42.4 Å². The first kappa shape index (κ1) is 42.4. The highest BCUT2D eigenvalue weighted by atomic mass is 16.7. The molecule has 0 saturated carbocycles. The Kier molecular flexibility index (Phi) is 24.2. The highest BCUT2D eigenvalue weighted by molar-refractivity contribution is 6.01. The zero-order chi connectivity index (χ0) is 35.4. The van der Waals surface area contributed by atoms with Crippen LogP contribution >= 0.6 is 0 Å². The monoisotopic (exact) mass is 685 g/mol. The van der Waals surface area contributed by atoms with Gasteiger partial charge in [-0.05, 0) is 19.3 Å². The summed E-state index contributed by atoms with van der Waals surface area (Å²) in [6, 6.07) is -1.15. The molecule has 1 saturated heterocycles. The number of ether oxygens (including phenoxy) is 2. The lowest BCUT2D eigenvalue weighted by atomic mass is 10.0. The molecule has 1 atom stereocenters. The maximum atomic E-state index is 12.2. The van der Waals surface area contributed by atoms with Gasteiger partial charge in [-0.3, -0.25) is 24.0 Å². The highest BCUT2D eigenvalue weighted by Crippen LogP contribution is 2.14.